The molecule has 4 nitrogen and oxygen atoms in total. The fraction of sp³-hybridized carbons (Fsp3) is 0.429. The normalized spacial score (nSPS) is 13.2. The quantitative estimate of drug-likeness (QED) is 0.716. The van der Waals surface area contributed by atoms with E-state index in [4.69, 9.17) is 0 Å². The van der Waals surface area contributed by atoms with Crippen LogP contribution in [0.3, 0.4) is 0 Å². The van der Waals surface area contributed by atoms with Crippen molar-refractivity contribution in [1.82, 2.24) is 15.0 Å². The fourth-order valence-electron chi connectivity index (χ4n) is 3.89. The Morgan fingerprint density at radius 2 is 1.58 bits per heavy atom. The molecule has 3 aromatic rings. The Balaban J connectivity index is 2.16. The number of aromatic hydroxyl groups is 1. The van der Waals surface area contributed by atoms with E-state index in [-0.39, 0.29) is 10.8 Å². The molecule has 0 unspecified atom stereocenters. The molecule has 3 rings (SSSR count). The summed E-state index contributed by atoms with van der Waals surface area (Å²) in [5, 5.41) is 21.1. The molecule has 138 valence electrons. The third-order valence-corrected chi connectivity index (χ3v) is 6.11. The highest BCUT2D eigenvalue weighted by Gasteiger charge is 2.29. The van der Waals surface area contributed by atoms with Gasteiger partial charge < -0.3 is 5.11 Å². The van der Waals surface area contributed by atoms with E-state index in [9.17, 15) is 5.11 Å². The molecule has 1 N–H and O–H groups in total. The zero-order chi connectivity index (χ0) is 19.1. The molecule has 0 radical (unpaired) electrons. The molecule has 0 aliphatic heterocycles. The fourth-order valence-corrected chi connectivity index (χ4v) is 4.83. The first-order chi connectivity index (χ1) is 12.1. The summed E-state index contributed by atoms with van der Waals surface area (Å²) in [6, 6.07) is 12.0. The first kappa shape index (κ1) is 18.6. The van der Waals surface area contributed by atoms with Crippen molar-refractivity contribution < 1.29 is 5.11 Å². The van der Waals surface area contributed by atoms with Gasteiger partial charge in [0.2, 0.25) is 0 Å². The number of aromatic nitrogens is 3. The monoisotopic (exact) mass is 367 g/mol. The van der Waals surface area contributed by atoms with Gasteiger partial charge >= 0.3 is 0 Å². The number of fused-ring (bicyclic) bond motifs is 1. The third-order valence-electron chi connectivity index (χ3n) is 4.81. The smallest absolute Gasteiger partial charge is 0.141 e. The van der Waals surface area contributed by atoms with Crippen LogP contribution in [0, 0.1) is 5.41 Å². The Morgan fingerprint density at radius 3 is 2.08 bits per heavy atom. The lowest BCUT2D eigenvalue weighted by Gasteiger charge is -2.33. The van der Waals surface area contributed by atoms with Crippen molar-refractivity contribution in [3.8, 4) is 11.4 Å². The second-order valence-electron chi connectivity index (χ2n) is 8.96. The molecule has 1 aromatic heterocycles. The summed E-state index contributed by atoms with van der Waals surface area (Å²) < 4.78 is 0. The Morgan fingerprint density at radius 1 is 1.00 bits per heavy atom. The first-order valence-electron chi connectivity index (χ1n) is 9.29. The number of phenols is 1. The summed E-state index contributed by atoms with van der Waals surface area (Å²) in [6.07, 6.45) is 1.06. The van der Waals surface area contributed by atoms with Gasteiger partial charge in [-0.25, -0.2) is 0 Å². The maximum Gasteiger partial charge on any atom is 0.141 e. The molecule has 0 amide bonds. The molecule has 1 heterocycles. The van der Waals surface area contributed by atoms with E-state index in [0.29, 0.717) is 11.4 Å². The van der Waals surface area contributed by atoms with Crippen LogP contribution in [-0.2, 0) is 5.41 Å². The van der Waals surface area contributed by atoms with E-state index in [1.54, 1.807) is 4.80 Å². The Hall–Kier alpha value is -2.14. The van der Waals surface area contributed by atoms with Gasteiger partial charge in [0.15, 0.2) is 0 Å². The van der Waals surface area contributed by atoms with Crippen LogP contribution in [0.25, 0.3) is 16.7 Å². The van der Waals surface area contributed by atoms with Crippen LogP contribution in [0.4, 0.5) is 0 Å². The van der Waals surface area contributed by atoms with Gasteiger partial charge in [-0.2, -0.15) is 0 Å². The van der Waals surface area contributed by atoms with Crippen molar-refractivity contribution in [2.75, 3.05) is 0 Å². The van der Waals surface area contributed by atoms with Crippen molar-refractivity contribution in [1.29, 1.82) is 0 Å². The zero-order valence-corrected chi connectivity index (χ0v) is 18.1. The summed E-state index contributed by atoms with van der Waals surface area (Å²) in [5.41, 5.74) is 3.83. The Labute approximate surface area is 158 Å². The van der Waals surface area contributed by atoms with E-state index >= 15 is 0 Å². The standard InChI is InChI=1S/C21H29N3OSi/c1-20(2,3)13-21(4,5)14-11-17(19(25)18(12-14)26-6)24-22-15-9-7-8-10-16(15)23-24/h7-12,25H,13,26H2,1-6H3. The minimum absolute atomic E-state index is 0.00555. The lowest BCUT2D eigenvalue weighted by atomic mass is 9.72. The molecule has 0 fully saturated rings. The van der Waals surface area contributed by atoms with Crippen LogP contribution in [0.2, 0.25) is 6.55 Å². The van der Waals surface area contributed by atoms with E-state index in [2.05, 4.69) is 63.5 Å². The molecule has 2 aromatic carbocycles. The predicted octanol–water partition coefficient (Wildman–Crippen LogP) is 3.68. The van der Waals surface area contributed by atoms with Crippen LogP contribution in [0.15, 0.2) is 36.4 Å². The third kappa shape index (κ3) is 3.68. The average molecular weight is 368 g/mol. The summed E-state index contributed by atoms with van der Waals surface area (Å²) in [5.74, 6) is 0.329. The SMILES string of the molecule is C[SiH2]c1cc(C(C)(C)CC(C)(C)C)cc(-n2nc3ccccc3n2)c1O. The average Bonchev–Trinajstić information content (AvgIpc) is 2.96. The van der Waals surface area contributed by atoms with Crippen molar-refractivity contribution in [2.24, 2.45) is 5.41 Å². The molecule has 0 atom stereocenters. The summed E-state index contributed by atoms with van der Waals surface area (Å²) >= 11 is 0. The van der Waals surface area contributed by atoms with E-state index in [1.165, 1.54) is 5.56 Å². The Kier molecular flexibility index (Phi) is 4.69. The molecule has 0 spiro atoms. The lowest BCUT2D eigenvalue weighted by Crippen LogP contribution is -2.27. The minimum atomic E-state index is -0.533. The summed E-state index contributed by atoms with van der Waals surface area (Å²) in [7, 11) is -0.533. The Bertz CT molecular complexity index is 905. The van der Waals surface area contributed by atoms with Gasteiger partial charge in [-0.15, -0.1) is 15.0 Å². The molecule has 26 heavy (non-hydrogen) atoms. The van der Waals surface area contributed by atoms with Crippen molar-refractivity contribution in [2.45, 2.75) is 53.0 Å². The number of hydrogen-bond acceptors (Lipinski definition) is 3. The minimum Gasteiger partial charge on any atom is -0.506 e. The van der Waals surface area contributed by atoms with Gasteiger partial charge in [-0.3, -0.25) is 0 Å². The predicted molar refractivity (Wildman–Crippen MR) is 112 cm³/mol. The van der Waals surface area contributed by atoms with Gasteiger partial charge in [0, 0.05) is 0 Å². The van der Waals surface area contributed by atoms with E-state index < -0.39 is 9.52 Å². The molecule has 0 saturated carbocycles. The maximum atomic E-state index is 10.8. The van der Waals surface area contributed by atoms with E-state index in [1.807, 2.05) is 24.3 Å². The van der Waals surface area contributed by atoms with Crippen molar-refractivity contribution >= 4 is 25.7 Å². The molecular formula is C21H29N3OSi. The highest BCUT2D eigenvalue weighted by atomic mass is 28.2. The summed E-state index contributed by atoms with van der Waals surface area (Å²) in [4.78, 5) is 1.59. The van der Waals surface area contributed by atoms with Crippen molar-refractivity contribution in [3.05, 3.63) is 42.0 Å². The number of rotatable bonds is 4. The second-order valence-corrected chi connectivity index (χ2v) is 10.4. The van der Waals surface area contributed by atoms with Crippen LogP contribution < -0.4 is 5.19 Å². The highest BCUT2D eigenvalue weighted by molar-refractivity contribution is 6.53. The van der Waals surface area contributed by atoms with Gasteiger partial charge in [0.05, 0.1) is 9.52 Å². The molecule has 0 bridgehead atoms. The van der Waals surface area contributed by atoms with Crippen molar-refractivity contribution in [3.63, 3.8) is 0 Å². The molecule has 0 saturated heterocycles. The summed E-state index contributed by atoms with van der Waals surface area (Å²) in [6.45, 7) is 13.6. The highest BCUT2D eigenvalue weighted by Crippen LogP contribution is 2.37. The zero-order valence-electron chi connectivity index (χ0n) is 16.7. The van der Waals surface area contributed by atoms with Gasteiger partial charge in [-0.05, 0) is 46.2 Å². The molecular weight excluding hydrogens is 338 g/mol. The van der Waals surface area contributed by atoms with Gasteiger partial charge in [-0.1, -0.05) is 59.4 Å². The number of phenolic OH excluding ortho intramolecular Hbond substituents is 1. The molecule has 5 heteroatoms. The van der Waals surface area contributed by atoms with Crippen LogP contribution >= 0.6 is 0 Å². The molecule has 0 aliphatic carbocycles. The van der Waals surface area contributed by atoms with Crippen LogP contribution in [-0.4, -0.2) is 29.6 Å². The second kappa shape index (κ2) is 6.54. The van der Waals surface area contributed by atoms with Crippen LogP contribution in [0.5, 0.6) is 5.75 Å². The largest absolute Gasteiger partial charge is 0.506 e. The van der Waals surface area contributed by atoms with Crippen LogP contribution in [0.1, 0.15) is 46.6 Å². The maximum absolute atomic E-state index is 10.8. The van der Waals surface area contributed by atoms with Gasteiger partial charge in [0.25, 0.3) is 0 Å². The number of benzene rings is 2. The molecule has 0 aliphatic rings. The first-order valence-corrected chi connectivity index (χ1v) is 11.4. The lowest BCUT2D eigenvalue weighted by molar-refractivity contribution is 0.284. The number of hydrogen-bond donors (Lipinski definition) is 1. The topological polar surface area (TPSA) is 50.9 Å². The number of nitrogens with zero attached hydrogens (tertiary/aromatic N) is 3. The van der Waals surface area contributed by atoms with E-state index in [0.717, 1.165) is 22.6 Å². The van der Waals surface area contributed by atoms with Gasteiger partial charge in [0.1, 0.15) is 22.5 Å².